The van der Waals surface area contributed by atoms with Crippen LogP contribution in [0.15, 0.2) is 0 Å². The van der Waals surface area contributed by atoms with Crippen molar-refractivity contribution in [1.82, 2.24) is 0 Å². The second kappa shape index (κ2) is 20.3. The largest absolute Gasteiger partial charge is 0.503 e. The average Bonchev–Trinajstić information content (AvgIpc) is 2.79. The van der Waals surface area contributed by atoms with Crippen LogP contribution in [-0.2, 0) is 18.0 Å². The summed E-state index contributed by atoms with van der Waals surface area (Å²) in [5, 5.41) is 0. The minimum atomic E-state index is -2.59. The van der Waals surface area contributed by atoms with Gasteiger partial charge in [0.1, 0.15) is 0 Å². The van der Waals surface area contributed by atoms with E-state index in [1.165, 1.54) is 103 Å². The number of unbranched alkanes of at least 4 members (excludes halogenated alkanes) is 15. The van der Waals surface area contributed by atoms with Crippen molar-refractivity contribution in [2.24, 2.45) is 0 Å². The number of rotatable bonds is 23. The van der Waals surface area contributed by atoms with E-state index in [0.29, 0.717) is 19.8 Å². The lowest BCUT2D eigenvalue weighted by Gasteiger charge is -2.45. The first kappa shape index (κ1) is 31.1. The van der Waals surface area contributed by atoms with Crippen LogP contribution in [0.2, 0.25) is 6.04 Å². The standard InChI is InChI=1S/C28H58O4Si/c1-5-9-10-11-12-13-14-15-16-17-18-19-20-21-22-23-25-28(29-6-2)26-24-27-33(32-28,30-7-3)31-8-4/h5-27H2,1-4H3. The van der Waals surface area contributed by atoms with Crippen LogP contribution >= 0.6 is 0 Å². The molecule has 1 unspecified atom stereocenters. The van der Waals surface area contributed by atoms with E-state index in [1.54, 1.807) is 0 Å². The highest BCUT2D eigenvalue weighted by Gasteiger charge is 2.52. The quantitative estimate of drug-likeness (QED) is 0.106. The summed E-state index contributed by atoms with van der Waals surface area (Å²) in [6.45, 7) is 10.4. The van der Waals surface area contributed by atoms with Crippen LogP contribution in [0.5, 0.6) is 0 Å². The fourth-order valence-corrected chi connectivity index (χ4v) is 8.11. The monoisotopic (exact) mass is 486 g/mol. The number of hydrogen-bond acceptors (Lipinski definition) is 4. The molecule has 1 heterocycles. The molecule has 0 aliphatic carbocycles. The third kappa shape index (κ3) is 14.3. The first-order chi connectivity index (χ1) is 16.2. The third-order valence-electron chi connectivity index (χ3n) is 6.93. The van der Waals surface area contributed by atoms with Gasteiger partial charge < -0.3 is 18.0 Å². The van der Waals surface area contributed by atoms with Gasteiger partial charge in [-0.1, -0.05) is 103 Å². The van der Waals surface area contributed by atoms with E-state index in [-0.39, 0.29) is 0 Å². The summed E-state index contributed by atoms with van der Waals surface area (Å²) in [5.74, 6) is -0.487. The molecule has 198 valence electrons. The Kier molecular flexibility index (Phi) is 19.1. The summed E-state index contributed by atoms with van der Waals surface area (Å²) < 4.78 is 24.9. The van der Waals surface area contributed by atoms with E-state index in [0.717, 1.165) is 25.3 Å². The zero-order chi connectivity index (χ0) is 24.1. The molecule has 1 aliphatic rings. The lowest BCUT2D eigenvalue weighted by molar-refractivity contribution is -0.226. The molecular weight excluding hydrogens is 428 g/mol. The van der Waals surface area contributed by atoms with Crippen molar-refractivity contribution >= 4 is 8.80 Å². The summed E-state index contributed by atoms with van der Waals surface area (Å²) in [6.07, 6.45) is 25.3. The van der Waals surface area contributed by atoms with Gasteiger partial charge in [0, 0.05) is 38.7 Å². The van der Waals surface area contributed by atoms with Crippen molar-refractivity contribution in [2.75, 3.05) is 19.8 Å². The van der Waals surface area contributed by atoms with Crippen molar-refractivity contribution < 1.29 is 18.0 Å². The lowest BCUT2D eigenvalue weighted by atomic mass is 10.0. The van der Waals surface area contributed by atoms with E-state index in [1.807, 2.05) is 13.8 Å². The van der Waals surface area contributed by atoms with Gasteiger partial charge in [-0.3, -0.25) is 0 Å². The van der Waals surface area contributed by atoms with E-state index in [2.05, 4.69) is 13.8 Å². The van der Waals surface area contributed by atoms with Crippen LogP contribution in [0.25, 0.3) is 0 Å². The van der Waals surface area contributed by atoms with Crippen molar-refractivity contribution in [1.29, 1.82) is 0 Å². The highest BCUT2D eigenvalue weighted by molar-refractivity contribution is 6.61. The van der Waals surface area contributed by atoms with Gasteiger partial charge in [0.25, 0.3) is 0 Å². The molecule has 33 heavy (non-hydrogen) atoms. The van der Waals surface area contributed by atoms with Gasteiger partial charge in [0.05, 0.1) is 0 Å². The number of ether oxygens (including phenoxy) is 1. The molecular formula is C28H58O4Si. The van der Waals surface area contributed by atoms with Gasteiger partial charge in [-0.2, -0.15) is 0 Å². The summed E-state index contributed by atoms with van der Waals surface area (Å²) in [7, 11) is -2.59. The van der Waals surface area contributed by atoms with Gasteiger partial charge in [0.15, 0.2) is 5.79 Å². The predicted molar refractivity (Wildman–Crippen MR) is 143 cm³/mol. The molecule has 0 aromatic carbocycles. The zero-order valence-electron chi connectivity index (χ0n) is 22.9. The average molecular weight is 487 g/mol. The smallest absolute Gasteiger partial charge is 0.374 e. The molecule has 0 saturated carbocycles. The highest BCUT2D eigenvalue weighted by Crippen LogP contribution is 2.39. The Hall–Kier alpha value is 0.0569. The molecule has 1 saturated heterocycles. The first-order valence-corrected chi connectivity index (χ1v) is 16.7. The summed E-state index contributed by atoms with van der Waals surface area (Å²) in [4.78, 5) is 0. The molecule has 0 radical (unpaired) electrons. The summed E-state index contributed by atoms with van der Waals surface area (Å²) in [6, 6.07) is 0.919. The van der Waals surface area contributed by atoms with E-state index >= 15 is 0 Å². The molecule has 0 bridgehead atoms. The molecule has 1 fully saturated rings. The molecule has 1 atom stereocenters. The fourth-order valence-electron chi connectivity index (χ4n) is 5.20. The maximum atomic E-state index is 6.58. The van der Waals surface area contributed by atoms with Crippen molar-refractivity contribution in [3.63, 3.8) is 0 Å². The van der Waals surface area contributed by atoms with Crippen LogP contribution in [0.1, 0.15) is 150 Å². The topological polar surface area (TPSA) is 36.9 Å². The van der Waals surface area contributed by atoms with Gasteiger partial charge in [-0.05, 0) is 33.6 Å². The Bertz CT molecular complexity index is 419. The molecule has 0 N–H and O–H groups in total. The van der Waals surface area contributed by atoms with Crippen LogP contribution < -0.4 is 0 Å². The number of hydrogen-bond donors (Lipinski definition) is 0. The van der Waals surface area contributed by atoms with Crippen molar-refractivity contribution in [3.8, 4) is 0 Å². The predicted octanol–water partition coefficient (Wildman–Crippen LogP) is 9.19. The Labute approximate surface area is 208 Å². The lowest BCUT2D eigenvalue weighted by Crippen LogP contribution is -2.57. The molecule has 1 aliphatic heterocycles. The normalized spacial score (nSPS) is 20.4. The molecule has 0 aromatic rings. The van der Waals surface area contributed by atoms with E-state index in [4.69, 9.17) is 18.0 Å². The molecule has 5 heteroatoms. The van der Waals surface area contributed by atoms with Gasteiger partial charge in [-0.25, -0.2) is 0 Å². The van der Waals surface area contributed by atoms with Crippen molar-refractivity contribution in [2.45, 2.75) is 162 Å². The minimum absolute atomic E-state index is 0.487. The maximum Gasteiger partial charge on any atom is 0.503 e. The Balaban J connectivity index is 2.09. The van der Waals surface area contributed by atoms with Crippen LogP contribution in [-0.4, -0.2) is 34.4 Å². The second-order valence-electron chi connectivity index (χ2n) is 9.90. The second-order valence-corrected chi connectivity index (χ2v) is 12.5. The van der Waals surface area contributed by atoms with Gasteiger partial charge in [0.2, 0.25) is 0 Å². The molecule has 0 aromatic heterocycles. The Morgan fingerprint density at radius 1 is 0.606 bits per heavy atom. The zero-order valence-corrected chi connectivity index (χ0v) is 23.9. The molecule has 0 spiro atoms. The van der Waals surface area contributed by atoms with E-state index in [9.17, 15) is 0 Å². The highest BCUT2D eigenvalue weighted by atomic mass is 28.4. The van der Waals surface area contributed by atoms with Gasteiger partial charge >= 0.3 is 8.80 Å². The van der Waals surface area contributed by atoms with Crippen LogP contribution in [0.3, 0.4) is 0 Å². The summed E-state index contributed by atoms with van der Waals surface area (Å²) in [5.41, 5.74) is 0. The fraction of sp³-hybridized carbons (Fsp3) is 1.00. The SMILES string of the molecule is CCCCCCCCCCCCCCCCCCC1(OCC)CCC[Si](OCC)(OCC)O1. The molecule has 1 rings (SSSR count). The Morgan fingerprint density at radius 2 is 1.06 bits per heavy atom. The molecule has 0 amide bonds. The van der Waals surface area contributed by atoms with E-state index < -0.39 is 14.6 Å². The van der Waals surface area contributed by atoms with Crippen LogP contribution in [0, 0.1) is 0 Å². The first-order valence-electron chi connectivity index (χ1n) is 14.8. The maximum absolute atomic E-state index is 6.58. The third-order valence-corrected chi connectivity index (χ3v) is 10.0. The van der Waals surface area contributed by atoms with Gasteiger partial charge in [-0.15, -0.1) is 0 Å². The van der Waals surface area contributed by atoms with Crippen LogP contribution in [0.4, 0.5) is 0 Å². The van der Waals surface area contributed by atoms with Crippen molar-refractivity contribution in [3.05, 3.63) is 0 Å². The molecule has 4 nitrogen and oxygen atoms in total. The minimum Gasteiger partial charge on any atom is -0.374 e. The Morgan fingerprint density at radius 3 is 1.48 bits per heavy atom. The summed E-state index contributed by atoms with van der Waals surface area (Å²) >= 11 is 0.